The summed E-state index contributed by atoms with van der Waals surface area (Å²) >= 11 is 3.51. The Morgan fingerprint density at radius 1 is 1.26 bits per heavy atom. The van der Waals surface area contributed by atoms with Gasteiger partial charge in [0.25, 0.3) is 0 Å². The Morgan fingerprint density at radius 3 is 2.47 bits per heavy atom. The Bertz CT molecular complexity index is 534. The SMILES string of the molecule is Cc1cc2c(Br)cccc2[cH-]1.[C-]1=CC=CC1.[Cl-].[Cl-].[Zr+4]. The van der Waals surface area contributed by atoms with Crippen LogP contribution in [0.1, 0.15) is 12.0 Å². The van der Waals surface area contributed by atoms with E-state index in [1.807, 2.05) is 12.2 Å². The van der Waals surface area contributed by atoms with Crippen LogP contribution in [-0.4, -0.2) is 0 Å². The fourth-order valence-electron chi connectivity index (χ4n) is 1.69. The topological polar surface area (TPSA) is 0 Å². The van der Waals surface area contributed by atoms with E-state index < -0.39 is 0 Å². The average molecular weight is 435 g/mol. The molecule has 0 spiro atoms. The van der Waals surface area contributed by atoms with Crippen LogP contribution in [0.15, 0.2) is 53.0 Å². The van der Waals surface area contributed by atoms with Gasteiger partial charge >= 0.3 is 26.2 Å². The molecule has 0 saturated heterocycles. The van der Waals surface area contributed by atoms with Gasteiger partial charge in [-0.3, -0.25) is 6.08 Å². The first kappa shape index (κ1) is 21.5. The molecule has 0 unspecified atom stereocenters. The predicted molar refractivity (Wildman–Crippen MR) is 73.5 cm³/mol. The molecule has 0 aliphatic heterocycles. The number of allylic oxidation sites excluding steroid dienone is 4. The van der Waals surface area contributed by atoms with Crippen molar-refractivity contribution in [3.63, 3.8) is 0 Å². The zero-order chi connectivity index (χ0) is 11.4. The van der Waals surface area contributed by atoms with E-state index >= 15 is 0 Å². The molecule has 2 aromatic carbocycles. The molecule has 1 aliphatic carbocycles. The Balaban J connectivity index is 0. The third-order valence-electron chi connectivity index (χ3n) is 2.43. The fraction of sp³-hybridized carbons (Fsp3) is 0.133. The van der Waals surface area contributed by atoms with E-state index in [0.717, 1.165) is 6.42 Å². The molecule has 0 bridgehead atoms. The van der Waals surface area contributed by atoms with E-state index in [1.54, 1.807) is 0 Å². The van der Waals surface area contributed by atoms with Gasteiger partial charge in [0, 0.05) is 0 Å². The van der Waals surface area contributed by atoms with Crippen LogP contribution in [0.4, 0.5) is 0 Å². The molecule has 2 aromatic rings. The van der Waals surface area contributed by atoms with Crippen molar-refractivity contribution in [3.05, 3.63) is 64.7 Å². The quantitative estimate of drug-likeness (QED) is 0.463. The molecule has 0 aromatic heterocycles. The second-order valence-electron chi connectivity index (χ2n) is 3.78. The molecule has 3 rings (SSSR count). The number of benzene rings is 1. The van der Waals surface area contributed by atoms with Crippen molar-refractivity contribution < 1.29 is 51.0 Å². The molecule has 1 aliphatic rings. The molecule has 4 heteroatoms. The van der Waals surface area contributed by atoms with E-state index in [0.29, 0.717) is 0 Å². The Morgan fingerprint density at radius 2 is 2.00 bits per heavy atom. The second kappa shape index (κ2) is 11.0. The molecule has 0 nitrogen and oxygen atoms in total. The van der Waals surface area contributed by atoms with Gasteiger partial charge in [-0.2, -0.15) is 12.1 Å². The van der Waals surface area contributed by atoms with Crippen LogP contribution < -0.4 is 24.8 Å². The summed E-state index contributed by atoms with van der Waals surface area (Å²) < 4.78 is 1.18. The molecule has 0 N–H and O–H groups in total. The summed E-state index contributed by atoms with van der Waals surface area (Å²) in [4.78, 5) is 0. The van der Waals surface area contributed by atoms with Gasteiger partial charge in [-0.25, -0.2) is 12.2 Å². The zero-order valence-electron chi connectivity index (χ0n) is 10.5. The number of hydrogen-bond acceptors (Lipinski definition) is 0. The minimum atomic E-state index is 0. The maximum absolute atomic E-state index is 3.51. The number of fused-ring (bicyclic) bond motifs is 1. The first-order valence-electron chi connectivity index (χ1n) is 5.30. The minimum absolute atomic E-state index is 0. The summed E-state index contributed by atoms with van der Waals surface area (Å²) in [6, 6.07) is 10.7. The smallest absolute Gasteiger partial charge is 1.00 e. The van der Waals surface area contributed by atoms with Crippen LogP contribution in [-0.2, 0) is 26.2 Å². The predicted octanol–water partition coefficient (Wildman–Crippen LogP) is -1.06. The average Bonchev–Trinajstić information content (AvgIpc) is 2.88. The molecule has 0 radical (unpaired) electrons. The van der Waals surface area contributed by atoms with Crippen molar-refractivity contribution in [2.45, 2.75) is 13.3 Å². The molecule has 0 fully saturated rings. The van der Waals surface area contributed by atoms with Crippen molar-refractivity contribution in [1.29, 1.82) is 0 Å². The van der Waals surface area contributed by atoms with E-state index in [1.165, 1.54) is 20.8 Å². The summed E-state index contributed by atoms with van der Waals surface area (Å²) in [5.41, 5.74) is 1.33. The Kier molecular flexibility index (Phi) is 12.4. The minimum Gasteiger partial charge on any atom is -1.00 e. The molecule has 98 valence electrons. The number of hydrogen-bond donors (Lipinski definition) is 0. The molecule has 0 atom stereocenters. The number of rotatable bonds is 0. The van der Waals surface area contributed by atoms with Gasteiger partial charge in [0.05, 0.1) is 0 Å². The van der Waals surface area contributed by atoms with E-state index in [4.69, 9.17) is 0 Å². The first-order valence-corrected chi connectivity index (χ1v) is 6.10. The van der Waals surface area contributed by atoms with Crippen molar-refractivity contribution in [1.82, 2.24) is 0 Å². The van der Waals surface area contributed by atoms with Crippen LogP contribution in [0.3, 0.4) is 0 Å². The molecular formula is C15H13BrCl2Zr. The van der Waals surface area contributed by atoms with Gasteiger partial charge < -0.3 is 24.8 Å². The third kappa shape index (κ3) is 6.49. The van der Waals surface area contributed by atoms with Crippen molar-refractivity contribution in [2.24, 2.45) is 0 Å². The van der Waals surface area contributed by atoms with Crippen molar-refractivity contribution in [2.75, 3.05) is 0 Å². The van der Waals surface area contributed by atoms with Gasteiger partial charge in [-0.15, -0.1) is 41.0 Å². The van der Waals surface area contributed by atoms with Crippen LogP contribution in [0, 0.1) is 13.0 Å². The third-order valence-corrected chi connectivity index (χ3v) is 3.12. The molecule has 19 heavy (non-hydrogen) atoms. The zero-order valence-corrected chi connectivity index (χ0v) is 16.0. The van der Waals surface area contributed by atoms with Gasteiger partial charge in [0.1, 0.15) is 0 Å². The normalized spacial score (nSPS) is 10.8. The molecule has 0 saturated carbocycles. The standard InChI is InChI=1S/C10H8Br.C5H5.2ClH.Zr/c1-7-5-8-3-2-4-10(11)9(8)6-7;1-2-4-5-3-1;;;/h2-6H,1H3;1-3H,4H2;2*1H;/q2*-1;;;+4/p-2. The maximum atomic E-state index is 3.51. The van der Waals surface area contributed by atoms with Crippen molar-refractivity contribution >= 4 is 26.7 Å². The molecule has 0 heterocycles. The van der Waals surface area contributed by atoms with Gasteiger partial charge in [0.15, 0.2) is 0 Å². The van der Waals surface area contributed by atoms with E-state index in [9.17, 15) is 0 Å². The summed E-state index contributed by atoms with van der Waals surface area (Å²) in [6.07, 6.45) is 10.0. The first-order chi connectivity index (χ1) is 7.77. The molecular weight excluding hydrogens is 422 g/mol. The van der Waals surface area contributed by atoms with Crippen molar-refractivity contribution in [3.8, 4) is 0 Å². The van der Waals surface area contributed by atoms with Crippen LogP contribution in [0.2, 0.25) is 0 Å². The van der Waals surface area contributed by atoms with Crippen LogP contribution >= 0.6 is 15.9 Å². The summed E-state index contributed by atoms with van der Waals surface area (Å²) in [5, 5.41) is 2.63. The maximum Gasteiger partial charge on any atom is 4.00 e. The monoisotopic (exact) mass is 432 g/mol. The Labute approximate surface area is 154 Å². The summed E-state index contributed by atoms with van der Waals surface area (Å²) in [5.74, 6) is 0. The van der Waals surface area contributed by atoms with Crippen LogP contribution in [0.25, 0.3) is 10.8 Å². The number of halogens is 3. The number of aryl methyl sites for hydroxylation is 1. The van der Waals surface area contributed by atoms with E-state index in [2.05, 4.69) is 65.3 Å². The van der Waals surface area contributed by atoms with Crippen LogP contribution in [0.5, 0.6) is 0 Å². The van der Waals surface area contributed by atoms with Gasteiger partial charge in [-0.1, -0.05) is 28.9 Å². The fourth-order valence-corrected chi connectivity index (χ4v) is 2.18. The summed E-state index contributed by atoms with van der Waals surface area (Å²) in [7, 11) is 0. The second-order valence-corrected chi connectivity index (χ2v) is 4.63. The van der Waals surface area contributed by atoms with E-state index in [-0.39, 0.29) is 51.0 Å². The van der Waals surface area contributed by atoms with Gasteiger partial charge in [0.2, 0.25) is 0 Å². The Hall–Kier alpha value is 0.253. The molecule has 0 amide bonds. The van der Waals surface area contributed by atoms with Gasteiger partial charge in [-0.05, 0) is 4.47 Å². The largest absolute Gasteiger partial charge is 4.00 e. The summed E-state index contributed by atoms with van der Waals surface area (Å²) in [6.45, 7) is 2.12.